The number of benzene rings is 6. The normalized spacial score (nSPS) is 11.9. The summed E-state index contributed by atoms with van der Waals surface area (Å²) in [4.78, 5) is 16.3. The van der Waals surface area contributed by atoms with Gasteiger partial charge in [-0.3, -0.25) is 4.79 Å². The second-order valence-electron chi connectivity index (χ2n) is 17.4. The smallest absolute Gasteiger partial charge is 0.203 e. The molecule has 312 valence electrons. The molecule has 0 fully saturated rings. The van der Waals surface area contributed by atoms with Gasteiger partial charge in [-0.15, -0.1) is 0 Å². The van der Waals surface area contributed by atoms with E-state index in [1.165, 1.54) is 27.8 Å². The molecule has 0 radical (unpaired) electrons. The molecule has 4 aromatic rings. The number of fused-ring (bicyclic) bond motifs is 4. The second-order valence-corrected chi connectivity index (χ2v) is 17.4. The van der Waals surface area contributed by atoms with Gasteiger partial charge in [-0.1, -0.05) is 69.3 Å². The van der Waals surface area contributed by atoms with Crippen molar-refractivity contribution in [1.82, 2.24) is 4.58 Å². The van der Waals surface area contributed by atoms with Crippen LogP contribution in [0, 0.1) is 13.8 Å². The summed E-state index contributed by atoms with van der Waals surface area (Å²) in [6.45, 7) is 24.1. The van der Waals surface area contributed by atoms with Gasteiger partial charge in [-0.2, -0.15) is 0 Å². The first-order valence-electron chi connectivity index (χ1n) is 22.2. The maximum absolute atomic E-state index is 13.9. The van der Waals surface area contributed by atoms with Crippen LogP contribution in [0.4, 0.5) is 11.4 Å². The molecule has 0 atom stereocenters. The lowest BCUT2D eigenvalue weighted by Crippen LogP contribution is -2.29. The Morgan fingerprint density at radius 3 is 2.05 bits per heavy atom. The van der Waals surface area contributed by atoms with Crippen LogP contribution in [0.3, 0.4) is 0 Å². The zero-order chi connectivity index (χ0) is 43.0. The highest BCUT2D eigenvalue weighted by Crippen LogP contribution is 2.46. The fourth-order valence-corrected chi connectivity index (χ4v) is 9.26. The molecule has 0 unspecified atom stereocenters. The van der Waals surface area contributed by atoms with Crippen molar-refractivity contribution in [2.24, 2.45) is 0 Å². The molecule has 4 aliphatic rings. The van der Waals surface area contributed by atoms with Crippen LogP contribution >= 0.6 is 0 Å². The van der Waals surface area contributed by atoms with Crippen molar-refractivity contribution >= 4 is 33.3 Å². The summed E-state index contributed by atoms with van der Waals surface area (Å²) in [5.74, 6) is 1.50. The van der Waals surface area contributed by atoms with Crippen LogP contribution in [0.25, 0.3) is 66.8 Å². The van der Waals surface area contributed by atoms with Gasteiger partial charge in [0.25, 0.3) is 0 Å². The van der Waals surface area contributed by atoms with E-state index >= 15 is 0 Å². The Morgan fingerprint density at radius 2 is 1.34 bits per heavy atom. The topological polar surface area (TPSA) is 61.6 Å². The van der Waals surface area contributed by atoms with Crippen LogP contribution in [0.15, 0.2) is 123 Å². The third kappa shape index (κ3) is 7.96. The minimum absolute atomic E-state index is 0.0110. The van der Waals surface area contributed by atoms with Crippen molar-refractivity contribution in [3.05, 3.63) is 147 Å². The largest absolute Gasteiger partial charge is 0.456 e. The Balaban J connectivity index is 1.17. The molecule has 8 rings (SSSR count). The minimum atomic E-state index is -0.0919. The van der Waals surface area contributed by atoms with Crippen LogP contribution < -0.4 is 25.6 Å². The van der Waals surface area contributed by atoms with Crippen LogP contribution in [0.1, 0.15) is 77.1 Å². The lowest BCUT2D eigenvalue weighted by molar-refractivity contribution is 0.591. The number of rotatable bonds is 12. The zero-order valence-electron chi connectivity index (χ0n) is 37.5. The number of aryl methyl sites for hydroxylation is 3. The van der Waals surface area contributed by atoms with Gasteiger partial charge in [0.1, 0.15) is 35.8 Å². The first kappa shape index (κ1) is 41.6. The van der Waals surface area contributed by atoms with Gasteiger partial charge in [0.15, 0.2) is 5.43 Å². The molecule has 0 bridgehead atoms. The van der Waals surface area contributed by atoms with Crippen LogP contribution in [-0.4, -0.2) is 32.7 Å². The first-order valence-corrected chi connectivity index (χ1v) is 22.2. The Kier molecular flexibility index (Phi) is 11.6. The predicted molar refractivity (Wildman–Crippen MR) is 258 cm³/mol. The highest BCUT2D eigenvalue weighted by molar-refractivity contribution is 6.05. The standard InChI is InChI=1S/C55H59N3O3/c1-10-56-47-33-51-44(29-36(47)6)54(41-22-16-17-23-46(41)55(7,8)9)45-30-37(48(59)34-52(45)61-51)20-18-28-58(13-4)39-25-27-43-50(32-39)60-49-31-38(57(11-2)12-3)24-26-42(49)53(43)40-21-15-14-19-35(40)5/h14-17,19,21-27,29-34H,10-13,18,20,28H2,1-9H3/p+1. The summed E-state index contributed by atoms with van der Waals surface area (Å²) < 4.78 is 15.8. The van der Waals surface area contributed by atoms with E-state index in [-0.39, 0.29) is 10.8 Å². The average Bonchev–Trinajstić information content (AvgIpc) is 3.24. The van der Waals surface area contributed by atoms with E-state index in [1.807, 2.05) is 0 Å². The molecule has 0 saturated heterocycles. The zero-order valence-corrected chi connectivity index (χ0v) is 37.5. The molecule has 2 heterocycles. The van der Waals surface area contributed by atoms with Crippen molar-refractivity contribution in [2.45, 2.75) is 80.6 Å². The van der Waals surface area contributed by atoms with Crippen molar-refractivity contribution in [2.75, 3.05) is 42.9 Å². The van der Waals surface area contributed by atoms with Crippen LogP contribution in [-0.2, 0) is 11.8 Å². The number of nitrogens with zero attached hydrogens (tertiary/aromatic N) is 2. The predicted octanol–water partition coefficient (Wildman–Crippen LogP) is 12.7. The third-order valence-corrected chi connectivity index (χ3v) is 12.5. The van der Waals surface area contributed by atoms with Gasteiger partial charge in [-0.05, 0) is 118 Å². The molecule has 6 nitrogen and oxygen atoms in total. The van der Waals surface area contributed by atoms with Crippen molar-refractivity contribution in [3.63, 3.8) is 0 Å². The molecule has 2 aliphatic heterocycles. The lowest BCUT2D eigenvalue weighted by Gasteiger charge is -2.26. The summed E-state index contributed by atoms with van der Waals surface area (Å²) in [6, 6.07) is 38.8. The number of nitrogens with one attached hydrogen (secondary N) is 1. The van der Waals surface area contributed by atoms with E-state index in [0.717, 1.165) is 111 Å². The van der Waals surface area contributed by atoms with Gasteiger partial charge in [0.05, 0.1) is 6.07 Å². The first-order chi connectivity index (χ1) is 29.4. The molecular formula is C55H60N3O3+. The van der Waals surface area contributed by atoms with E-state index < -0.39 is 0 Å². The maximum Gasteiger partial charge on any atom is 0.203 e. The highest BCUT2D eigenvalue weighted by Gasteiger charge is 2.26. The number of anilines is 2. The summed E-state index contributed by atoms with van der Waals surface area (Å²) in [7, 11) is 0. The van der Waals surface area contributed by atoms with Crippen molar-refractivity contribution in [1.29, 1.82) is 0 Å². The second kappa shape index (κ2) is 17.1. The van der Waals surface area contributed by atoms with Crippen molar-refractivity contribution in [3.8, 4) is 44.9 Å². The van der Waals surface area contributed by atoms with Gasteiger partial charge >= 0.3 is 0 Å². The van der Waals surface area contributed by atoms with E-state index in [9.17, 15) is 4.79 Å². The van der Waals surface area contributed by atoms with Crippen LogP contribution in [0.5, 0.6) is 0 Å². The molecule has 4 aromatic carbocycles. The Hall–Kier alpha value is -6.14. The van der Waals surface area contributed by atoms with Crippen molar-refractivity contribution < 1.29 is 8.83 Å². The molecular weight excluding hydrogens is 751 g/mol. The SMILES string of the molecule is CCNc1cc2oc3cc(=O)c(CCCN(CC)c4ccc5c(-c6ccccc6C)c6ccc(=[N+](CC)CC)cc-6oc5c4)cc-3c(-c3ccccc3C(C)(C)C)c2cc1C. The lowest BCUT2D eigenvalue weighted by atomic mass is 9.79. The Bertz CT molecular complexity index is 2960. The molecule has 6 heteroatoms. The molecule has 0 amide bonds. The van der Waals surface area contributed by atoms with Crippen LogP contribution in [0.2, 0.25) is 0 Å². The minimum Gasteiger partial charge on any atom is -0.456 e. The molecule has 2 aliphatic carbocycles. The van der Waals surface area contributed by atoms with E-state index in [4.69, 9.17) is 8.83 Å². The van der Waals surface area contributed by atoms with E-state index in [0.29, 0.717) is 12.2 Å². The fraction of sp³-hybridized carbons (Fsp3) is 0.309. The summed E-state index contributed by atoms with van der Waals surface area (Å²) >= 11 is 0. The van der Waals surface area contributed by atoms with Gasteiger partial charge in [0, 0.05) is 93.9 Å². The fourth-order valence-electron chi connectivity index (χ4n) is 9.26. The quantitative estimate of drug-likeness (QED) is 0.0984. The average molecular weight is 811 g/mol. The third-order valence-electron chi connectivity index (χ3n) is 12.5. The summed E-state index contributed by atoms with van der Waals surface area (Å²) in [5, 5.41) is 6.79. The van der Waals surface area contributed by atoms with Gasteiger partial charge < -0.3 is 19.1 Å². The van der Waals surface area contributed by atoms with Gasteiger partial charge in [0.2, 0.25) is 5.36 Å². The maximum atomic E-state index is 13.9. The van der Waals surface area contributed by atoms with E-state index in [1.54, 1.807) is 6.07 Å². The van der Waals surface area contributed by atoms with E-state index in [2.05, 4.69) is 180 Å². The van der Waals surface area contributed by atoms with Gasteiger partial charge in [-0.25, -0.2) is 4.58 Å². The number of hydrogen-bond donors (Lipinski definition) is 1. The molecule has 1 N–H and O–H groups in total. The number of hydrogen-bond acceptors (Lipinski definition) is 5. The Morgan fingerprint density at radius 1 is 0.656 bits per heavy atom. The molecule has 0 aromatic heterocycles. The molecule has 61 heavy (non-hydrogen) atoms. The molecule has 0 saturated carbocycles. The molecule has 0 spiro atoms. The monoisotopic (exact) mass is 810 g/mol. The Labute approximate surface area is 360 Å². The highest BCUT2D eigenvalue weighted by atomic mass is 16.3. The summed E-state index contributed by atoms with van der Waals surface area (Å²) in [6.07, 6.45) is 1.46. The summed E-state index contributed by atoms with van der Waals surface area (Å²) in [5.41, 5.74) is 14.9.